The first-order chi connectivity index (χ1) is 13.1. The number of ether oxygens (including phenoxy) is 2. The average Bonchev–Trinajstić information content (AvgIpc) is 2.73. The van der Waals surface area contributed by atoms with Crippen LogP contribution in [0.2, 0.25) is 0 Å². The molecular weight excluding hydrogens is 340 g/mol. The number of rotatable bonds is 6. The lowest BCUT2D eigenvalue weighted by atomic mass is 10.1. The van der Waals surface area contributed by atoms with Gasteiger partial charge in [-0.25, -0.2) is 0 Å². The van der Waals surface area contributed by atoms with Crippen LogP contribution in [0.25, 0.3) is 0 Å². The molecule has 0 aliphatic carbocycles. The SMILES string of the molecule is COc1ccc(CC(=O)N2CCN(C(C)c3ccccc3)CC2)cc1OC. The third-order valence-electron chi connectivity index (χ3n) is 5.30. The van der Waals surface area contributed by atoms with E-state index < -0.39 is 0 Å². The fourth-order valence-electron chi connectivity index (χ4n) is 3.58. The van der Waals surface area contributed by atoms with E-state index in [4.69, 9.17) is 9.47 Å². The van der Waals surface area contributed by atoms with E-state index in [1.165, 1.54) is 5.56 Å². The smallest absolute Gasteiger partial charge is 0.227 e. The Morgan fingerprint density at radius 1 is 0.963 bits per heavy atom. The topological polar surface area (TPSA) is 42.0 Å². The van der Waals surface area contributed by atoms with E-state index in [9.17, 15) is 4.79 Å². The molecule has 5 heteroatoms. The Hall–Kier alpha value is -2.53. The highest BCUT2D eigenvalue weighted by molar-refractivity contribution is 5.79. The summed E-state index contributed by atoms with van der Waals surface area (Å²) in [5.41, 5.74) is 2.26. The number of carbonyl (C=O) groups is 1. The Bertz CT molecular complexity index is 755. The molecule has 2 aromatic rings. The van der Waals surface area contributed by atoms with Crippen LogP contribution in [0.1, 0.15) is 24.1 Å². The number of methoxy groups -OCH3 is 2. The van der Waals surface area contributed by atoms with Crippen LogP contribution in [0.5, 0.6) is 11.5 Å². The van der Waals surface area contributed by atoms with E-state index in [2.05, 4.69) is 36.1 Å². The van der Waals surface area contributed by atoms with Crippen molar-refractivity contribution in [2.24, 2.45) is 0 Å². The first-order valence-electron chi connectivity index (χ1n) is 9.40. The lowest BCUT2D eigenvalue weighted by molar-refractivity contribution is -0.132. The number of amides is 1. The molecule has 144 valence electrons. The molecule has 1 atom stereocenters. The largest absolute Gasteiger partial charge is 0.493 e. The predicted octanol–water partition coefficient (Wildman–Crippen LogP) is 3.15. The normalized spacial score (nSPS) is 16.0. The van der Waals surface area contributed by atoms with Crippen LogP contribution >= 0.6 is 0 Å². The number of hydrogen-bond donors (Lipinski definition) is 0. The third-order valence-corrected chi connectivity index (χ3v) is 5.30. The Balaban J connectivity index is 1.56. The van der Waals surface area contributed by atoms with Gasteiger partial charge in [0.1, 0.15) is 0 Å². The Labute approximate surface area is 161 Å². The monoisotopic (exact) mass is 368 g/mol. The molecule has 1 aliphatic rings. The molecule has 1 unspecified atom stereocenters. The number of carbonyl (C=O) groups excluding carboxylic acids is 1. The highest BCUT2D eigenvalue weighted by Gasteiger charge is 2.24. The van der Waals surface area contributed by atoms with E-state index in [1.807, 2.05) is 29.2 Å². The molecule has 1 saturated heterocycles. The highest BCUT2D eigenvalue weighted by Crippen LogP contribution is 2.28. The summed E-state index contributed by atoms with van der Waals surface area (Å²) in [7, 11) is 3.22. The third kappa shape index (κ3) is 4.61. The summed E-state index contributed by atoms with van der Waals surface area (Å²) in [4.78, 5) is 17.1. The van der Waals surface area contributed by atoms with Gasteiger partial charge in [0.2, 0.25) is 5.91 Å². The fourth-order valence-corrected chi connectivity index (χ4v) is 3.58. The van der Waals surface area contributed by atoms with Crippen molar-refractivity contribution >= 4 is 5.91 Å². The van der Waals surface area contributed by atoms with Gasteiger partial charge in [0.05, 0.1) is 20.6 Å². The van der Waals surface area contributed by atoms with Gasteiger partial charge in [-0.05, 0) is 30.2 Å². The van der Waals surface area contributed by atoms with Gasteiger partial charge in [-0.3, -0.25) is 9.69 Å². The lowest BCUT2D eigenvalue weighted by Gasteiger charge is -2.38. The van der Waals surface area contributed by atoms with Crippen LogP contribution < -0.4 is 9.47 Å². The van der Waals surface area contributed by atoms with E-state index in [1.54, 1.807) is 14.2 Å². The van der Waals surface area contributed by atoms with E-state index in [-0.39, 0.29) is 5.91 Å². The molecule has 0 N–H and O–H groups in total. The molecule has 0 saturated carbocycles. The summed E-state index contributed by atoms with van der Waals surface area (Å²) in [5, 5.41) is 0. The minimum absolute atomic E-state index is 0.161. The van der Waals surface area contributed by atoms with Crippen molar-refractivity contribution in [3.63, 3.8) is 0 Å². The Morgan fingerprint density at radius 3 is 2.26 bits per heavy atom. The Morgan fingerprint density at radius 2 is 1.63 bits per heavy atom. The minimum Gasteiger partial charge on any atom is -0.493 e. The molecule has 1 fully saturated rings. The van der Waals surface area contributed by atoms with Gasteiger partial charge < -0.3 is 14.4 Å². The van der Waals surface area contributed by atoms with Crippen molar-refractivity contribution in [3.05, 3.63) is 59.7 Å². The van der Waals surface area contributed by atoms with Gasteiger partial charge in [0, 0.05) is 32.2 Å². The quantitative estimate of drug-likeness (QED) is 0.786. The molecule has 27 heavy (non-hydrogen) atoms. The lowest BCUT2D eigenvalue weighted by Crippen LogP contribution is -2.49. The molecule has 1 aliphatic heterocycles. The van der Waals surface area contributed by atoms with Gasteiger partial charge in [-0.2, -0.15) is 0 Å². The summed E-state index contributed by atoms with van der Waals surface area (Å²) in [6.07, 6.45) is 0.384. The van der Waals surface area contributed by atoms with Crippen molar-refractivity contribution in [1.82, 2.24) is 9.80 Å². The average molecular weight is 368 g/mol. The van der Waals surface area contributed by atoms with Crippen molar-refractivity contribution in [1.29, 1.82) is 0 Å². The number of hydrogen-bond acceptors (Lipinski definition) is 4. The van der Waals surface area contributed by atoms with Crippen LogP contribution in [0, 0.1) is 0 Å². The number of nitrogens with zero attached hydrogens (tertiary/aromatic N) is 2. The van der Waals surface area contributed by atoms with Gasteiger partial charge in [0.15, 0.2) is 11.5 Å². The molecule has 0 spiro atoms. The second kappa shape index (κ2) is 8.91. The van der Waals surface area contributed by atoms with Crippen molar-refractivity contribution in [3.8, 4) is 11.5 Å². The molecule has 0 radical (unpaired) electrons. The van der Waals surface area contributed by atoms with E-state index in [0.29, 0.717) is 24.0 Å². The first-order valence-corrected chi connectivity index (χ1v) is 9.40. The van der Waals surface area contributed by atoms with Crippen LogP contribution in [0.15, 0.2) is 48.5 Å². The second-order valence-electron chi connectivity index (χ2n) is 6.87. The van der Waals surface area contributed by atoms with Gasteiger partial charge in [-0.15, -0.1) is 0 Å². The van der Waals surface area contributed by atoms with E-state index in [0.717, 1.165) is 31.7 Å². The highest BCUT2D eigenvalue weighted by atomic mass is 16.5. The van der Waals surface area contributed by atoms with Crippen molar-refractivity contribution in [2.45, 2.75) is 19.4 Å². The van der Waals surface area contributed by atoms with Gasteiger partial charge in [0.25, 0.3) is 0 Å². The molecule has 1 heterocycles. The molecule has 5 nitrogen and oxygen atoms in total. The molecule has 0 aromatic heterocycles. The number of piperazine rings is 1. The van der Waals surface area contributed by atoms with Crippen LogP contribution in [-0.4, -0.2) is 56.1 Å². The summed E-state index contributed by atoms with van der Waals surface area (Å²) in [6, 6.07) is 16.6. The number of benzene rings is 2. The van der Waals surface area contributed by atoms with Gasteiger partial charge >= 0.3 is 0 Å². The zero-order valence-electron chi connectivity index (χ0n) is 16.4. The zero-order valence-corrected chi connectivity index (χ0v) is 16.4. The molecule has 3 rings (SSSR count). The summed E-state index contributed by atoms with van der Waals surface area (Å²) >= 11 is 0. The van der Waals surface area contributed by atoms with Crippen LogP contribution in [-0.2, 0) is 11.2 Å². The maximum Gasteiger partial charge on any atom is 0.227 e. The van der Waals surface area contributed by atoms with Crippen LogP contribution in [0.3, 0.4) is 0 Å². The standard InChI is InChI=1S/C22H28N2O3/c1-17(19-7-5-4-6-8-19)23-11-13-24(14-12-23)22(25)16-18-9-10-20(26-2)21(15-18)27-3/h4-10,15,17H,11-14,16H2,1-3H3. The minimum atomic E-state index is 0.161. The van der Waals surface area contributed by atoms with Crippen LogP contribution in [0.4, 0.5) is 0 Å². The summed E-state index contributed by atoms with van der Waals surface area (Å²) in [6.45, 7) is 5.56. The summed E-state index contributed by atoms with van der Waals surface area (Å²) in [5.74, 6) is 1.50. The second-order valence-corrected chi connectivity index (χ2v) is 6.87. The first kappa shape index (κ1) is 19.2. The predicted molar refractivity (Wildman–Crippen MR) is 106 cm³/mol. The zero-order chi connectivity index (χ0) is 19.2. The van der Waals surface area contributed by atoms with E-state index >= 15 is 0 Å². The van der Waals surface area contributed by atoms with Crippen molar-refractivity contribution < 1.29 is 14.3 Å². The summed E-state index contributed by atoms with van der Waals surface area (Å²) < 4.78 is 10.6. The molecule has 2 aromatic carbocycles. The fraction of sp³-hybridized carbons (Fsp3) is 0.409. The molecule has 1 amide bonds. The van der Waals surface area contributed by atoms with Crippen molar-refractivity contribution in [2.75, 3.05) is 40.4 Å². The maximum atomic E-state index is 12.7. The Kier molecular flexibility index (Phi) is 6.35. The molecular formula is C22H28N2O3. The molecule has 0 bridgehead atoms. The maximum absolute atomic E-state index is 12.7. The van der Waals surface area contributed by atoms with Gasteiger partial charge in [-0.1, -0.05) is 36.4 Å².